The number of rotatable bonds is 10. The molecule has 0 spiro atoms. The van der Waals surface area contributed by atoms with Gasteiger partial charge in [0, 0.05) is 24.5 Å². The predicted molar refractivity (Wildman–Crippen MR) is 127 cm³/mol. The number of nitrogens with one attached hydrogen (secondary N) is 1. The van der Waals surface area contributed by atoms with Crippen LogP contribution in [0.3, 0.4) is 0 Å². The van der Waals surface area contributed by atoms with Crippen molar-refractivity contribution in [1.29, 1.82) is 0 Å². The van der Waals surface area contributed by atoms with Crippen LogP contribution in [0.4, 0.5) is 4.79 Å². The smallest absolute Gasteiger partial charge is 0.317 e. The first-order chi connectivity index (χ1) is 15.6. The minimum atomic E-state index is -0.204. The summed E-state index contributed by atoms with van der Waals surface area (Å²) < 4.78 is 11.5. The number of carbonyl (C=O) groups is 2. The summed E-state index contributed by atoms with van der Waals surface area (Å²) in [4.78, 5) is 30.7. The molecule has 1 aromatic heterocycles. The molecule has 0 saturated heterocycles. The van der Waals surface area contributed by atoms with Crippen LogP contribution >= 0.6 is 11.3 Å². The fourth-order valence-electron chi connectivity index (χ4n) is 3.90. The van der Waals surface area contributed by atoms with Gasteiger partial charge in [-0.3, -0.25) is 4.79 Å². The van der Waals surface area contributed by atoms with Gasteiger partial charge in [-0.2, -0.15) is 0 Å². The molecule has 1 atom stereocenters. The van der Waals surface area contributed by atoms with Crippen LogP contribution in [-0.2, 0) is 11.2 Å². The van der Waals surface area contributed by atoms with Gasteiger partial charge in [0.1, 0.15) is 13.2 Å². The standard InChI is InChI=1S/C24H33N3O4S/c1-4-12-25-24(29)26(13-5-2)16-23(28)27-14-10-22-18(11-15-32-22)19(27)17-31-21-9-7-6-8-20(21)30-3/h6-9,11,15,19H,4-5,10,12-14,16-17H2,1-3H3,(H,25,29). The van der Waals surface area contributed by atoms with E-state index in [4.69, 9.17) is 9.47 Å². The number of para-hydroxylation sites is 2. The SMILES string of the molecule is CCCNC(=O)N(CCC)CC(=O)N1CCc2sccc2C1COc1ccccc1OC. The third kappa shape index (κ3) is 5.73. The van der Waals surface area contributed by atoms with Crippen molar-refractivity contribution >= 4 is 23.3 Å². The normalized spacial score (nSPS) is 15.1. The highest BCUT2D eigenvalue weighted by molar-refractivity contribution is 7.10. The first kappa shape index (κ1) is 23.9. The van der Waals surface area contributed by atoms with Crippen LogP contribution in [0.25, 0.3) is 0 Å². The van der Waals surface area contributed by atoms with Gasteiger partial charge >= 0.3 is 6.03 Å². The van der Waals surface area contributed by atoms with Crippen molar-refractivity contribution in [2.45, 2.75) is 39.2 Å². The lowest BCUT2D eigenvalue weighted by Gasteiger charge is -2.37. The Kier molecular flexibility index (Phi) is 8.79. The zero-order valence-electron chi connectivity index (χ0n) is 19.1. The first-order valence-electron chi connectivity index (χ1n) is 11.2. The van der Waals surface area contributed by atoms with E-state index in [1.165, 1.54) is 4.88 Å². The van der Waals surface area contributed by atoms with Crippen molar-refractivity contribution in [2.75, 3.05) is 39.9 Å². The van der Waals surface area contributed by atoms with Gasteiger partial charge < -0.3 is 24.6 Å². The maximum atomic E-state index is 13.4. The van der Waals surface area contributed by atoms with Gasteiger partial charge in [-0.15, -0.1) is 11.3 Å². The van der Waals surface area contributed by atoms with Gasteiger partial charge in [0.15, 0.2) is 11.5 Å². The molecule has 8 heteroatoms. The van der Waals surface area contributed by atoms with E-state index in [9.17, 15) is 9.59 Å². The summed E-state index contributed by atoms with van der Waals surface area (Å²) in [7, 11) is 1.61. The number of amides is 3. The van der Waals surface area contributed by atoms with Gasteiger partial charge in [0.25, 0.3) is 0 Å². The van der Waals surface area contributed by atoms with Crippen molar-refractivity contribution in [3.05, 3.63) is 46.2 Å². The molecule has 1 unspecified atom stereocenters. The van der Waals surface area contributed by atoms with Crippen LogP contribution < -0.4 is 14.8 Å². The Morgan fingerprint density at radius 3 is 2.69 bits per heavy atom. The van der Waals surface area contributed by atoms with E-state index in [1.807, 2.05) is 43.0 Å². The average molecular weight is 460 g/mol. The predicted octanol–water partition coefficient (Wildman–Crippen LogP) is 4.09. The molecule has 1 N–H and O–H groups in total. The lowest BCUT2D eigenvalue weighted by atomic mass is 10.0. The molecule has 1 aliphatic heterocycles. The highest BCUT2D eigenvalue weighted by Crippen LogP contribution is 2.35. The number of thiophene rings is 1. The van der Waals surface area contributed by atoms with E-state index in [-0.39, 0.29) is 24.5 Å². The number of hydrogen-bond acceptors (Lipinski definition) is 5. The third-order valence-electron chi connectivity index (χ3n) is 5.51. The Balaban J connectivity index is 1.75. The largest absolute Gasteiger partial charge is 0.493 e. The summed E-state index contributed by atoms with van der Waals surface area (Å²) >= 11 is 1.72. The molecule has 3 rings (SSSR count). The van der Waals surface area contributed by atoms with Gasteiger partial charge in [-0.25, -0.2) is 4.79 Å². The molecule has 3 amide bonds. The molecule has 0 bridgehead atoms. The molecule has 174 valence electrons. The highest BCUT2D eigenvalue weighted by atomic mass is 32.1. The Hall–Kier alpha value is -2.74. The monoisotopic (exact) mass is 459 g/mol. The van der Waals surface area contributed by atoms with Gasteiger partial charge in [-0.1, -0.05) is 26.0 Å². The summed E-state index contributed by atoms with van der Waals surface area (Å²) in [5.41, 5.74) is 1.13. The average Bonchev–Trinajstić information content (AvgIpc) is 3.30. The topological polar surface area (TPSA) is 71.1 Å². The molecule has 7 nitrogen and oxygen atoms in total. The van der Waals surface area contributed by atoms with Crippen LogP contribution in [0.2, 0.25) is 0 Å². The van der Waals surface area contributed by atoms with Crippen molar-refractivity contribution < 1.29 is 19.1 Å². The van der Waals surface area contributed by atoms with E-state index in [1.54, 1.807) is 23.3 Å². The fraction of sp³-hybridized carbons (Fsp3) is 0.500. The first-order valence-corrected chi connectivity index (χ1v) is 12.1. The second-order valence-corrected chi connectivity index (χ2v) is 8.77. The molecule has 32 heavy (non-hydrogen) atoms. The van der Waals surface area contributed by atoms with Crippen LogP contribution in [-0.4, -0.2) is 61.6 Å². The second kappa shape index (κ2) is 11.8. The summed E-state index contributed by atoms with van der Waals surface area (Å²) in [6, 6.07) is 9.20. The third-order valence-corrected chi connectivity index (χ3v) is 6.51. The quantitative estimate of drug-likeness (QED) is 0.581. The Bertz CT molecular complexity index is 901. The van der Waals surface area contributed by atoms with E-state index in [0.29, 0.717) is 37.7 Å². The number of benzene rings is 1. The molecule has 0 saturated carbocycles. The molecule has 2 aromatic rings. The summed E-state index contributed by atoms with van der Waals surface area (Å²) in [5.74, 6) is 1.25. The fourth-order valence-corrected chi connectivity index (χ4v) is 4.83. The highest BCUT2D eigenvalue weighted by Gasteiger charge is 2.33. The number of carbonyl (C=O) groups excluding carboxylic acids is 2. The summed E-state index contributed by atoms with van der Waals surface area (Å²) in [5, 5.41) is 4.95. The van der Waals surface area contributed by atoms with Crippen molar-refractivity contribution in [2.24, 2.45) is 0 Å². The number of hydrogen-bond donors (Lipinski definition) is 1. The molecule has 1 aromatic carbocycles. The second-order valence-electron chi connectivity index (χ2n) is 7.77. The molecule has 0 aliphatic carbocycles. The Morgan fingerprint density at radius 1 is 1.19 bits per heavy atom. The van der Waals surface area contributed by atoms with Gasteiger partial charge in [0.2, 0.25) is 5.91 Å². The van der Waals surface area contributed by atoms with E-state index < -0.39 is 0 Å². The molecule has 0 radical (unpaired) electrons. The van der Waals surface area contributed by atoms with E-state index >= 15 is 0 Å². The Labute approximate surface area is 194 Å². The number of nitrogens with zero attached hydrogens (tertiary/aromatic N) is 2. The van der Waals surface area contributed by atoms with Crippen LogP contribution in [0.15, 0.2) is 35.7 Å². The maximum Gasteiger partial charge on any atom is 0.317 e. The lowest BCUT2D eigenvalue weighted by Crippen LogP contribution is -2.50. The van der Waals surface area contributed by atoms with Crippen molar-refractivity contribution in [3.8, 4) is 11.5 Å². The zero-order chi connectivity index (χ0) is 22.9. The molecular formula is C24H33N3O4S. The molecular weight excluding hydrogens is 426 g/mol. The summed E-state index contributed by atoms with van der Waals surface area (Å²) in [6.07, 6.45) is 2.47. The number of fused-ring (bicyclic) bond motifs is 1. The van der Waals surface area contributed by atoms with Crippen molar-refractivity contribution in [1.82, 2.24) is 15.1 Å². The number of ether oxygens (including phenoxy) is 2. The zero-order valence-corrected chi connectivity index (χ0v) is 20.0. The number of methoxy groups -OCH3 is 1. The van der Waals surface area contributed by atoms with Crippen LogP contribution in [0, 0.1) is 0 Å². The number of urea groups is 1. The minimum Gasteiger partial charge on any atom is -0.493 e. The summed E-state index contributed by atoms with van der Waals surface area (Å²) in [6.45, 7) is 6.16. The van der Waals surface area contributed by atoms with E-state index in [0.717, 1.165) is 24.8 Å². The maximum absolute atomic E-state index is 13.4. The molecule has 0 fully saturated rings. The van der Waals surface area contributed by atoms with Gasteiger partial charge in [-0.05, 0) is 48.4 Å². The van der Waals surface area contributed by atoms with Crippen LogP contribution in [0.1, 0.15) is 43.2 Å². The van der Waals surface area contributed by atoms with Crippen LogP contribution in [0.5, 0.6) is 11.5 Å². The molecule has 1 aliphatic rings. The van der Waals surface area contributed by atoms with Gasteiger partial charge in [0.05, 0.1) is 13.2 Å². The molecule has 2 heterocycles. The lowest BCUT2D eigenvalue weighted by molar-refractivity contribution is -0.135. The Morgan fingerprint density at radius 2 is 1.97 bits per heavy atom. The van der Waals surface area contributed by atoms with E-state index in [2.05, 4.69) is 16.8 Å². The minimum absolute atomic E-state index is 0.0597. The van der Waals surface area contributed by atoms with Crippen molar-refractivity contribution in [3.63, 3.8) is 0 Å².